The Balaban J connectivity index is 2.11. The summed E-state index contributed by atoms with van der Waals surface area (Å²) in [4.78, 5) is 22.9. The highest BCUT2D eigenvalue weighted by atomic mass is 35.5. The molecule has 1 aromatic carbocycles. The summed E-state index contributed by atoms with van der Waals surface area (Å²) in [5.74, 6) is -1.38. The van der Waals surface area contributed by atoms with E-state index >= 15 is 0 Å². The van der Waals surface area contributed by atoms with Crippen LogP contribution in [0.1, 0.15) is 16.1 Å². The number of halogens is 1. The Kier molecular flexibility index (Phi) is 4.10. The third-order valence-corrected chi connectivity index (χ3v) is 3.31. The van der Waals surface area contributed by atoms with Crippen molar-refractivity contribution in [3.63, 3.8) is 0 Å². The van der Waals surface area contributed by atoms with Crippen molar-refractivity contribution in [1.82, 2.24) is 4.57 Å². The van der Waals surface area contributed by atoms with Gasteiger partial charge >= 0.3 is 5.97 Å². The molecule has 2 aromatic rings. The Labute approximate surface area is 120 Å². The van der Waals surface area contributed by atoms with E-state index in [0.717, 1.165) is 5.56 Å². The molecule has 1 aromatic heterocycles. The number of aromatic nitrogens is 1. The topological polar surface area (TPSA) is 71.3 Å². The Morgan fingerprint density at radius 1 is 1.30 bits per heavy atom. The summed E-state index contributed by atoms with van der Waals surface area (Å²) >= 11 is 5.97. The second kappa shape index (κ2) is 5.79. The lowest BCUT2D eigenvalue weighted by Gasteiger charge is -2.10. The van der Waals surface area contributed by atoms with Crippen molar-refractivity contribution in [2.24, 2.45) is 0 Å². The van der Waals surface area contributed by atoms with E-state index in [1.165, 1.54) is 10.6 Å². The van der Waals surface area contributed by atoms with Crippen LogP contribution in [0.4, 0.5) is 5.69 Å². The van der Waals surface area contributed by atoms with Crippen LogP contribution in [0.25, 0.3) is 0 Å². The zero-order chi connectivity index (χ0) is 14.7. The average molecular weight is 293 g/mol. The maximum Gasteiger partial charge on any atom is 0.352 e. The second-order valence-corrected chi connectivity index (χ2v) is 4.69. The SMILES string of the molecule is Cc1c(Cl)cccc1NC(=O)Cn1cccc1C(=O)O. The van der Waals surface area contributed by atoms with Crippen LogP contribution in [-0.2, 0) is 11.3 Å². The van der Waals surface area contributed by atoms with Gasteiger partial charge in [0.25, 0.3) is 0 Å². The lowest BCUT2D eigenvalue weighted by Crippen LogP contribution is -2.21. The summed E-state index contributed by atoms with van der Waals surface area (Å²) in [6.45, 7) is 1.73. The van der Waals surface area contributed by atoms with Gasteiger partial charge in [-0.15, -0.1) is 0 Å². The van der Waals surface area contributed by atoms with Gasteiger partial charge in [-0.25, -0.2) is 4.79 Å². The number of nitrogens with zero attached hydrogens (tertiary/aromatic N) is 1. The van der Waals surface area contributed by atoms with E-state index in [1.54, 1.807) is 37.4 Å². The van der Waals surface area contributed by atoms with Crippen molar-refractivity contribution in [2.45, 2.75) is 13.5 Å². The molecule has 1 heterocycles. The first-order valence-corrected chi connectivity index (χ1v) is 6.30. The maximum absolute atomic E-state index is 12.0. The normalized spacial score (nSPS) is 10.3. The molecule has 0 saturated heterocycles. The molecular formula is C14H13ClN2O3. The minimum absolute atomic E-state index is 0.0689. The number of nitrogens with one attached hydrogen (secondary N) is 1. The van der Waals surface area contributed by atoms with Crippen LogP contribution < -0.4 is 5.32 Å². The van der Waals surface area contributed by atoms with Gasteiger partial charge in [0.2, 0.25) is 5.91 Å². The predicted molar refractivity (Wildman–Crippen MR) is 76.2 cm³/mol. The molecule has 0 atom stereocenters. The molecule has 20 heavy (non-hydrogen) atoms. The van der Waals surface area contributed by atoms with Crippen LogP contribution in [0.2, 0.25) is 5.02 Å². The van der Waals surface area contributed by atoms with E-state index in [2.05, 4.69) is 5.32 Å². The van der Waals surface area contributed by atoms with Crippen molar-refractivity contribution >= 4 is 29.2 Å². The minimum atomic E-state index is -1.07. The lowest BCUT2D eigenvalue weighted by molar-refractivity contribution is -0.116. The van der Waals surface area contributed by atoms with Gasteiger partial charge in [0.15, 0.2) is 0 Å². The molecule has 0 fully saturated rings. The van der Waals surface area contributed by atoms with Gasteiger partial charge in [-0.05, 0) is 36.8 Å². The minimum Gasteiger partial charge on any atom is -0.477 e. The third-order valence-electron chi connectivity index (χ3n) is 2.90. The molecule has 0 aliphatic rings. The largest absolute Gasteiger partial charge is 0.477 e. The van der Waals surface area contributed by atoms with E-state index in [1.807, 2.05) is 0 Å². The Morgan fingerprint density at radius 3 is 2.75 bits per heavy atom. The molecule has 5 nitrogen and oxygen atoms in total. The van der Waals surface area contributed by atoms with E-state index in [9.17, 15) is 9.59 Å². The molecule has 6 heteroatoms. The highest BCUT2D eigenvalue weighted by molar-refractivity contribution is 6.31. The summed E-state index contributed by atoms with van der Waals surface area (Å²) in [6, 6.07) is 8.25. The van der Waals surface area contributed by atoms with E-state index in [4.69, 9.17) is 16.7 Å². The van der Waals surface area contributed by atoms with Crippen LogP contribution in [0.15, 0.2) is 36.5 Å². The molecule has 0 aliphatic carbocycles. The van der Waals surface area contributed by atoms with Crippen molar-refractivity contribution in [2.75, 3.05) is 5.32 Å². The smallest absolute Gasteiger partial charge is 0.352 e. The van der Waals surface area contributed by atoms with E-state index in [-0.39, 0.29) is 18.1 Å². The first kappa shape index (κ1) is 14.1. The fraction of sp³-hybridized carbons (Fsp3) is 0.143. The number of hydrogen-bond acceptors (Lipinski definition) is 2. The van der Waals surface area contributed by atoms with Gasteiger partial charge in [0, 0.05) is 16.9 Å². The molecule has 0 aliphatic heterocycles. The molecule has 0 unspecified atom stereocenters. The standard InChI is InChI=1S/C14H13ClN2O3/c1-9-10(15)4-2-5-11(9)16-13(18)8-17-7-3-6-12(17)14(19)20/h2-7H,8H2,1H3,(H,16,18)(H,19,20). The zero-order valence-electron chi connectivity index (χ0n) is 10.8. The lowest BCUT2D eigenvalue weighted by atomic mass is 10.2. The molecular weight excluding hydrogens is 280 g/mol. The molecule has 2 rings (SSSR count). The van der Waals surface area contributed by atoms with Crippen molar-refractivity contribution in [3.05, 3.63) is 52.8 Å². The summed E-state index contributed by atoms with van der Waals surface area (Å²) in [5.41, 5.74) is 1.46. The first-order valence-electron chi connectivity index (χ1n) is 5.92. The number of rotatable bonds is 4. The van der Waals surface area contributed by atoms with Gasteiger partial charge in [0.1, 0.15) is 12.2 Å². The summed E-state index contributed by atoms with van der Waals surface area (Å²) in [7, 11) is 0. The van der Waals surface area contributed by atoms with Gasteiger partial charge in [-0.2, -0.15) is 0 Å². The quantitative estimate of drug-likeness (QED) is 0.910. The molecule has 1 amide bonds. The number of carboxylic acids is 1. The molecule has 0 spiro atoms. The fourth-order valence-electron chi connectivity index (χ4n) is 1.83. The number of anilines is 1. The molecule has 0 radical (unpaired) electrons. The summed E-state index contributed by atoms with van der Waals surface area (Å²) in [5, 5.41) is 12.3. The Morgan fingerprint density at radius 2 is 2.05 bits per heavy atom. The number of carboxylic acid groups (broad SMARTS) is 1. The van der Waals surface area contributed by atoms with Crippen molar-refractivity contribution < 1.29 is 14.7 Å². The molecule has 0 bridgehead atoms. The van der Waals surface area contributed by atoms with Crippen LogP contribution in [0.3, 0.4) is 0 Å². The number of benzene rings is 1. The third kappa shape index (κ3) is 3.00. The number of hydrogen-bond donors (Lipinski definition) is 2. The van der Waals surface area contributed by atoms with Gasteiger partial charge in [0.05, 0.1) is 0 Å². The predicted octanol–water partition coefficient (Wildman–Crippen LogP) is 2.79. The number of carbonyl (C=O) groups excluding carboxylic acids is 1. The van der Waals surface area contributed by atoms with Crippen LogP contribution in [-0.4, -0.2) is 21.6 Å². The van der Waals surface area contributed by atoms with Crippen LogP contribution >= 0.6 is 11.6 Å². The Hall–Kier alpha value is -2.27. The summed E-state index contributed by atoms with van der Waals surface area (Å²) < 4.78 is 1.37. The van der Waals surface area contributed by atoms with E-state index < -0.39 is 5.97 Å². The average Bonchev–Trinajstić information content (AvgIpc) is 2.83. The number of aromatic carboxylic acids is 1. The maximum atomic E-state index is 12.0. The van der Waals surface area contributed by atoms with Crippen LogP contribution in [0.5, 0.6) is 0 Å². The molecule has 0 saturated carbocycles. The van der Waals surface area contributed by atoms with Crippen molar-refractivity contribution in [1.29, 1.82) is 0 Å². The molecule has 104 valence electrons. The first-order chi connectivity index (χ1) is 9.49. The van der Waals surface area contributed by atoms with Gasteiger partial charge in [-0.3, -0.25) is 4.79 Å². The van der Waals surface area contributed by atoms with E-state index in [0.29, 0.717) is 10.7 Å². The number of carbonyl (C=O) groups is 2. The fourth-order valence-corrected chi connectivity index (χ4v) is 2.01. The second-order valence-electron chi connectivity index (χ2n) is 4.29. The van der Waals surface area contributed by atoms with Crippen molar-refractivity contribution in [3.8, 4) is 0 Å². The monoisotopic (exact) mass is 292 g/mol. The highest BCUT2D eigenvalue weighted by Crippen LogP contribution is 2.22. The summed E-state index contributed by atoms with van der Waals surface area (Å²) in [6.07, 6.45) is 1.55. The highest BCUT2D eigenvalue weighted by Gasteiger charge is 2.12. The zero-order valence-corrected chi connectivity index (χ0v) is 11.5. The van der Waals surface area contributed by atoms with Gasteiger partial charge < -0.3 is 15.0 Å². The molecule has 2 N–H and O–H groups in total. The van der Waals surface area contributed by atoms with Crippen LogP contribution in [0, 0.1) is 6.92 Å². The Bertz CT molecular complexity index is 664. The number of amides is 1. The van der Waals surface area contributed by atoms with Gasteiger partial charge in [-0.1, -0.05) is 17.7 Å².